The molecule has 1 unspecified atom stereocenters. The van der Waals surface area contributed by atoms with Crippen LogP contribution >= 0.6 is 0 Å². The minimum Gasteiger partial charge on any atom is -0.489 e. The number of nitrogens with zero attached hydrogens (tertiary/aromatic N) is 3. The highest BCUT2D eigenvalue weighted by Gasteiger charge is 2.57. The highest BCUT2D eigenvalue weighted by molar-refractivity contribution is 5.98. The van der Waals surface area contributed by atoms with Gasteiger partial charge in [0, 0.05) is 22.1 Å². The van der Waals surface area contributed by atoms with E-state index < -0.39 is 47.1 Å². The lowest BCUT2D eigenvalue weighted by Crippen LogP contribution is -2.51. The number of alkyl halides is 3. The molecule has 3 heterocycles. The third-order valence-electron chi connectivity index (χ3n) is 7.10. The van der Waals surface area contributed by atoms with E-state index in [1.165, 1.54) is 37.3 Å². The van der Waals surface area contributed by atoms with Gasteiger partial charge in [0.2, 0.25) is 11.5 Å². The molecule has 0 fully saturated rings. The first-order chi connectivity index (χ1) is 19.2. The van der Waals surface area contributed by atoms with E-state index >= 15 is 0 Å². The summed E-state index contributed by atoms with van der Waals surface area (Å²) in [5, 5.41) is 21.7. The van der Waals surface area contributed by atoms with E-state index in [-0.39, 0.29) is 34.7 Å². The molecule has 0 spiro atoms. The van der Waals surface area contributed by atoms with Gasteiger partial charge in [0.05, 0.1) is 23.4 Å². The van der Waals surface area contributed by atoms with Gasteiger partial charge in [-0.25, -0.2) is 9.37 Å². The number of nitrogens with one attached hydrogen (secondary N) is 1. The zero-order chi connectivity index (χ0) is 29.7. The summed E-state index contributed by atoms with van der Waals surface area (Å²) in [6.45, 7) is 1.48. The Morgan fingerprint density at radius 2 is 1.80 bits per heavy atom. The summed E-state index contributed by atoms with van der Waals surface area (Å²) in [5.74, 6) is -2.40. The molecule has 0 aliphatic carbocycles. The van der Waals surface area contributed by atoms with Gasteiger partial charge in [0.15, 0.2) is 0 Å². The van der Waals surface area contributed by atoms with Gasteiger partial charge in [-0.15, -0.1) is 0 Å². The van der Waals surface area contributed by atoms with Gasteiger partial charge in [-0.3, -0.25) is 9.59 Å². The van der Waals surface area contributed by atoms with Crippen LogP contribution in [0.25, 0.3) is 22.2 Å². The van der Waals surface area contributed by atoms with Crippen LogP contribution in [-0.2, 0) is 15.8 Å². The van der Waals surface area contributed by atoms with E-state index in [9.17, 15) is 32.3 Å². The van der Waals surface area contributed by atoms with Crippen LogP contribution in [0, 0.1) is 12.7 Å². The number of halogens is 4. The monoisotopic (exact) mass is 569 g/mol. The predicted octanol–water partition coefficient (Wildman–Crippen LogP) is 3.45. The minimum absolute atomic E-state index is 0.0234. The summed E-state index contributed by atoms with van der Waals surface area (Å²) in [4.78, 5) is 29.3. The molecule has 212 valence electrons. The molecule has 2 aromatic carbocycles. The molecule has 0 saturated heterocycles. The number of carbonyl (C=O) groups is 2. The Hall–Kier alpha value is -4.65. The summed E-state index contributed by atoms with van der Waals surface area (Å²) >= 11 is 0. The van der Waals surface area contributed by atoms with Crippen molar-refractivity contribution in [3.05, 3.63) is 82.9 Å². The molecule has 1 aliphatic rings. The SMILES string of the molecule is Cc1cc2cc(C(=O)NCC(O)(c3cc4c(c(-c5ccc(F)cc5)n3)OC[C@]4(C)C(N)=O)C(F)(F)F)ccc2nn1. The van der Waals surface area contributed by atoms with Gasteiger partial charge >= 0.3 is 6.18 Å². The van der Waals surface area contributed by atoms with Gasteiger partial charge in [0.1, 0.15) is 29.3 Å². The Labute approximate surface area is 230 Å². The molecule has 0 saturated carbocycles. The van der Waals surface area contributed by atoms with Crippen molar-refractivity contribution in [2.45, 2.75) is 31.0 Å². The zero-order valence-corrected chi connectivity index (χ0v) is 21.7. The van der Waals surface area contributed by atoms with Crippen molar-refractivity contribution in [1.29, 1.82) is 0 Å². The molecule has 0 radical (unpaired) electrons. The van der Waals surface area contributed by atoms with Crippen LogP contribution < -0.4 is 15.8 Å². The molecule has 4 N–H and O–H groups in total. The van der Waals surface area contributed by atoms with Crippen molar-refractivity contribution in [1.82, 2.24) is 20.5 Å². The second kappa shape index (κ2) is 9.77. The molecule has 9 nitrogen and oxygen atoms in total. The van der Waals surface area contributed by atoms with Gasteiger partial charge < -0.3 is 20.9 Å². The summed E-state index contributed by atoms with van der Waals surface area (Å²) < 4.78 is 62.9. The summed E-state index contributed by atoms with van der Waals surface area (Å²) in [6.07, 6.45) is -5.33. The van der Waals surface area contributed by atoms with E-state index in [1.807, 2.05) is 0 Å². The van der Waals surface area contributed by atoms with E-state index in [2.05, 4.69) is 20.5 Å². The first-order valence-corrected chi connectivity index (χ1v) is 12.3. The van der Waals surface area contributed by atoms with Crippen molar-refractivity contribution < 1.29 is 37.0 Å². The fourth-order valence-corrected chi connectivity index (χ4v) is 4.54. The van der Waals surface area contributed by atoms with Crippen LogP contribution in [0.2, 0.25) is 0 Å². The number of rotatable bonds is 6. The molecule has 13 heteroatoms. The third kappa shape index (κ3) is 4.82. The molecule has 0 bridgehead atoms. The van der Waals surface area contributed by atoms with Gasteiger partial charge in [0.25, 0.3) is 5.91 Å². The molecule has 2 amide bonds. The maximum absolute atomic E-state index is 14.6. The molecule has 1 aliphatic heterocycles. The average Bonchev–Trinajstić information content (AvgIpc) is 3.28. The summed E-state index contributed by atoms with van der Waals surface area (Å²) in [6, 6.07) is 11.5. The largest absolute Gasteiger partial charge is 0.489 e. The lowest BCUT2D eigenvalue weighted by molar-refractivity contribution is -0.265. The molecule has 2 aromatic heterocycles. The Kier molecular flexibility index (Phi) is 6.65. The second-order valence-corrected chi connectivity index (χ2v) is 10.0. The number of benzene rings is 2. The first kappa shape index (κ1) is 27.9. The van der Waals surface area contributed by atoms with Crippen molar-refractivity contribution >= 4 is 22.7 Å². The van der Waals surface area contributed by atoms with Crippen LogP contribution in [-0.4, -0.2) is 51.4 Å². The average molecular weight is 570 g/mol. The number of hydrogen-bond donors (Lipinski definition) is 3. The first-order valence-electron chi connectivity index (χ1n) is 12.3. The molecule has 41 heavy (non-hydrogen) atoms. The Balaban J connectivity index is 1.58. The number of ether oxygens (including phenoxy) is 1. The van der Waals surface area contributed by atoms with E-state index in [4.69, 9.17) is 10.5 Å². The number of primary amides is 1. The highest BCUT2D eigenvalue weighted by Crippen LogP contribution is 2.47. The number of nitrogens with two attached hydrogens (primary N) is 1. The zero-order valence-electron chi connectivity index (χ0n) is 21.7. The van der Waals surface area contributed by atoms with Crippen LogP contribution in [0.3, 0.4) is 0 Å². The Morgan fingerprint density at radius 3 is 2.46 bits per heavy atom. The maximum atomic E-state index is 14.6. The van der Waals surface area contributed by atoms with Crippen LogP contribution in [0.15, 0.2) is 54.6 Å². The summed E-state index contributed by atoms with van der Waals surface area (Å²) in [5.41, 5.74) is 0.462. The number of aromatic nitrogens is 3. The maximum Gasteiger partial charge on any atom is 0.424 e. The molecule has 4 aromatic rings. The normalized spacial score (nSPS) is 17.9. The number of amides is 2. The standard InChI is InChI=1S/C28H23F4N5O4/c1-14-9-17-10-16(5-8-20(17)37-36-14)24(38)34-12-27(40,28(30,31)32)21-11-19-23(41-13-26(19,2)25(33)39)22(35-21)15-3-6-18(29)7-4-15/h3-11,40H,12-13H2,1-2H3,(H2,33,39)(H,34,38)/t26-,27?/m0/s1. The minimum atomic E-state index is -5.33. The van der Waals surface area contributed by atoms with Gasteiger partial charge in [-0.2, -0.15) is 23.4 Å². The van der Waals surface area contributed by atoms with Crippen LogP contribution in [0.4, 0.5) is 17.6 Å². The quantitative estimate of drug-likeness (QED) is 0.302. The van der Waals surface area contributed by atoms with Crippen molar-refractivity contribution in [2.75, 3.05) is 13.2 Å². The molecular weight excluding hydrogens is 546 g/mol. The van der Waals surface area contributed by atoms with Crippen LogP contribution in [0.5, 0.6) is 5.75 Å². The van der Waals surface area contributed by atoms with Crippen molar-refractivity contribution in [3.63, 3.8) is 0 Å². The number of pyridine rings is 1. The lowest BCUT2D eigenvalue weighted by Gasteiger charge is -2.31. The van der Waals surface area contributed by atoms with E-state index in [0.29, 0.717) is 16.6 Å². The number of carbonyl (C=O) groups excluding carboxylic acids is 2. The highest BCUT2D eigenvalue weighted by atomic mass is 19.4. The fraction of sp³-hybridized carbons (Fsp3) is 0.250. The fourth-order valence-electron chi connectivity index (χ4n) is 4.54. The number of aliphatic hydroxyl groups is 1. The lowest BCUT2D eigenvalue weighted by atomic mass is 9.81. The number of hydrogen-bond acceptors (Lipinski definition) is 7. The van der Waals surface area contributed by atoms with Gasteiger partial charge in [-0.1, -0.05) is 0 Å². The van der Waals surface area contributed by atoms with Gasteiger partial charge in [-0.05, 0) is 68.4 Å². The second-order valence-electron chi connectivity index (χ2n) is 10.0. The Morgan fingerprint density at radius 1 is 1.10 bits per heavy atom. The predicted molar refractivity (Wildman–Crippen MR) is 138 cm³/mol. The third-order valence-corrected chi connectivity index (χ3v) is 7.10. The van der Waals surface area contributed by atoms with E-state index in [1.54, 1.807) is 13.0 Å². The molecular formula is C28H23F4N5O4. The smallest absolute Gasteiger partial charge is 0.424 e. The van der Waals surface area contributed by atoms with Crippen molar-refractivity contribution in [3.8, 4) is 17.0 Å². The van der Waals surface area contributed by atoms with E-state index in [0.717, 1.165) is 18.2 Å². The number of fused-ring (bicyclic) bond motifs is 2. The van der Waals surface area contributed by atoms with Crippen molar-refractivity contribution in [2.24, 2.45) is 5.73 Å². The topological polar surface area (TPSA) is 140 Å². The molecule has 5 rings (SSSR count). The summed E-state index contributed by atoms with van der Waals surface area (Å²) in [7, 11) is 0. The Bertz CT molecular complexity index is 1700. The van der Waals surface area contributed by atoms with Crippen LogP contribution in [0.1, 0.15) is 34.2 Å². The molecule has 2 atom stereocenters. The number of aryl methyl sites for hydroxylation is 1.